The predicted octanol–water partition coefficient (Wildman–Crippen LogP) is 4.89. The molecule has 2 heterocycles. The highest BCUT2D eigenvalue weighted by Gasteiger charge is 2.35. The summed E-state index contributed by atoms with van der Waals surface area (Å²) in [6.07, 6.45) is -4.54. The SMILES string of the molecule is Nc1ccc(-c2cc(C(F)(F)F)c3c(-c4ccccc4)n[nH]c3n2)cc1. The summed E-state index contributed by atoms with van der Waals surface area (Å²) in [5.41, 5.74) is 7.05. The molecule has 0 aliphatic carbocycles. The van der Waals surface area contributed by atoms with E-state index in [2.05, 4.69) is 15.2 Å². The van der Waals surface area contributed by atoms with Crippen LogP contribution in [0.5, 0.6) is 0 Å². The maximum Gasteiger partial charge on any atom is 0.417 e. The first kappa shape index (κ1) is 16.1. The van der Waals surface area contributed by atoms with Gasteiger partial charge < -0.3 is 5.73 Å². The number of nitrogens with one attached hydrogen (secondary N) is 1. The molecule has 0 saturated carbocycles. The minimum absolute atomic E-state index is 0.0390. The number of benzene rings is 2. The second kappa shape index (κ2) is 5.87. The van der Waals surface area contributed by atoms with Gasteiger partial charge in [0.1, 0.15) is 5.69 Å². The number of hydrogen-bond donors (Lipinski definition) is 2. The van der Waals surface area contributed by atoms with Gasteiger partial charge in [0.25, 0.3) is 0 Å². The van der Waals surface area contributed by atoms with Gasteiger partial charge >= 0.3 is 6.18 Å². The minimum Gasteiger partial charge on any atom is -0.399 e. The van der Waals surface area contributed by atoms with E-state index in [9.17, 15) is 13.2 Å². The molecule has 0 fully saturated rings. The molecule has 4 aromatic rings. The fourth-order valence-corrected chi connectivity index (χ4v) is 2.86. The summed E-state index contributed by atoms with van der Waals surface area (Å²) < 4.78 is 41.3. The van der Waals surface area contributed by atoms with Gasteiger partial charge in [0, 0.05) is 16.8 Å². The minimum atomic E-state index is -4.54. The summed E-state index contributed by atoms with van der Waals surface area (Å²) in [6, 6.07) is 16.3. The Morgan fingerprint density at radius 2 is 1.58 bits per heavy atom. The average molecular weight is 354 g/mol. The number of pyridine rings is 1. The van der Waals surface area contributed by atoms with Crippen molar-refractivity contribution in [2.45, 2.75) is 6.18 Å². The summed E-state index contributed by atoms with van der Waals surface area (Å²) in [5.74, 6) is 0. The Balaban J connectivity index is 1.99. The molecule has 0 atom stereocenters. The number of halogens is 3. The fourth-order valence-electron chi connectivity index (χ4n) is 2.86. The van der Waals surface area contributed by atoms with Gasteiger partial charge in [0.2, 0.25) is 0 Å². The highest BCUT2D eigenvalue weighted by atomic mass is 19.4. The highest BCUT2D eigenvalue weighted by molar-refractivity contribution is 5.95. The second-order valence-electron chi connectivity index (χ2n) is 5.84. The molecular weight excluding hydrogens is 341 g/mol. The van der Waals surface area contributed by atoms with E-state index in [0.717, 1.165) is 6.07 Å². The number of aromatic nitrogens is 3. The lowest BCUT2D eigenvalue weighted by molar-refractivity contribution is -0.136. The molecule has 0 aliphatic rings. The van der Waals surface area contributed by atoms with Crippen LogP contribution >= 0.6 is 0 Å². The topological polar surface area (TPSA) is 67.6 Å². The number of rotatable bonds is 2. The van der Waals surface area contributed by atoms with Crippen LogP contribution in [0, 0.1) is 0 Å². The maximum atomic E-state index is 13.8. The van der Waals surface area contributed by atoms with Gasteiger partial charge in [-0.2, -0.15) is 18.3 Å². The quantitative estimate of drug-likeness (QED) is 0.504. The normalized spacial score (nSPS) is 11.8. The Bertz CT molecular complexity index is 1070. The molecule has 3 N–H and O–H groups in total. The van der Waals surface area contributed by atoms with Crippen LogP contribution in [0.25, 0.3) is 33.5 Å². The van der Waals surface area contributed by atoms with E-state index in [4.69, 9.17) is 5.73 Å². The molecule has 0 bridgehead atoms. The van der Waals surface area contributed by atoms with E-state index >= 15 is 0 Å². The number of H-pyrrole nitrogens is 1. The lowest BCUT2D eigenvalue weighted by Gasteiger charge is -2.11. The zero-order valence-electron chi connectivity index (χ0n) is 13.4. The van der Waals surface area contributed by atoms with Crippen molar-refractivity contribution in [1.82, 2.24) is 15.2 Å². The van der Waals surface area contributed by atoms with Crippen molar-refractivity contribution < 1.29 is 13.2 Å². The Labute approximate surface area is 146 Å². The third kappa shape index (κ3) is 2.77. The zero-order valence-corrected chi connectivity index (χ0v) is 13.4. The predicted molar refractivity (Wildman–Crippen MR) is 94.2 cm³/mol. The molecule has 2 aromatic carbocycles. The van der Waals surface area contributed by atoms with Crippen LogP contribution in [0.1, 0.15) is 5.56 Å². The summed E-state index contributed by atoms with van der Waals surface area (Å²) >= 11 is 0. The number of aromatic amines is 1. The molecule has 2 aromatic heterocycles. The van der Waals surface area contributed by atoms with Crippen LogP contribution in [-0.2, 0) is 6.18 Å². The van der Waals surface area contributed by atoms with Gasteiger partial charge in [0.15, 0.2) is 5.65 Å². The molecule has 4 nitrogen and oxygen atoms in total. The van der Waals surface area contributed by atoms with Crippen LogP contribution in [-0.4, -0.2) is 15.2 Å². The van der Waals surface area contributed by atoms with Gasteiger partial charge in [-0.25, -0.2) is 4.98 Å². The smallest absolute Gasteiger partial charge is 0.399 e. The fraction of sp³-hybridized carbons (Fsp3) is 0.0526. The molecule has 26 heavy (non-hydrogen) atoms. The van der Waals surface area contributed by atoms with Crippen molar-refractivity contribution in [1.29, 1.82) is 0 Å². The van der Waals surface area contributed by atoms with Crippen LogP contribution in [0.2, 0.25) is 0 Å². The Morgan fingerprint density at radius 3 is 2.23 bits per heavy atom. The lowest BCUT2D eigenvalue weighted by atomic mass is 10.0. The molecule has 0 unspecified atom stereocenters. The summed E-state index contributed by atoms with van der Waals surface area (Å²) in [5, 5.41) is 6.68. The largest absolute Gasteiger partial charge is 0.417 e. The number of fused-ring (bicyclic) bond motifs is 1. The van der Waals surface area contributed by atoms with E-state index in [1.54, 1.807) is 54.6 Å². The highest BCUT2D eigenvalue weighted by Crippen LogP contribution is 2.40. The third-order valence-electron chi connectivity index (χ3n) is 4.09. The molecule has 0 radical (unpaired) electrons. The van der Waals surface area contributed by atoms with Gasteiger partial charge in [0.05, 0.1) is 16.6 Å². The number of hydrogen-bond acceptors (Lipinski definition) is 3. The first-order valence-electron chi connectivity index (χ1n) is 7.81. The van der Waals surface area contributed by atoms with Crippen LogP contribution < -0.4 is 5.73 Å². The van der Waals surface area contributed by atoms with Gasteiger partial charge in [-0.05, 0) is 18.2 Å². The molecule has 0 spiro atoms. The molecule has 4 rings (SSSR count). The molecule has 0 amide bonds. The molecule has 0 saturated heterocycles. The van der Waals surface area contributed by atoms with Gasteiger partial charge in [-0.1, -0.05) is 42.5 Å². The number of nitrogens with zero attached hydrogens (tertiary/aromatic N) is 2. The first-order valence-corrected chi connectivity index (χ1v) is 7.81. The first-order chi connectivity index (χ1) is 12.4. The average Bonchev–Trinajstić information content (AvgIpc) is 3.05. The summed E-state index contributed by atoms with van der Waals surface area (Å²) in [7, 11) is 0. The number of alkyl halides is 3. The monoisotopic (exact) mass is 354 g/mol. The Hall–Kier alpha value is -3.35. The molecule has 130 valence electrons. The number of nitrogen functional groups attached to an aromatic ring is 1. The standard InChI is InChI=1S/C19H13F3N4/c20-19(21,22)14-10-15(11-6-8-13(23)9-7-11)24-18-16(14)17(25-26-18)12-4-2-1-3-5-12/h1-10H,23H2,(H,24,25,26). The van der Waals surface area contributed by atoms with Crippen molar-refractivity contribution in [2.24, 2.45) is 0 Å². The Morgan fingerprint density at radius 1 is 0.885 bits per heavy atom. The van der Waals surface area contributed by atoms with E-state index in [1.807, 2.05) is 0 Å². The van der Waals surface area contributed by atoms with Crippen molar-refractivity contribution in [3.8, 4) is 22.5 Å². The van der Waals surface area contributed by atoms with Gasteiger partial charge in [-0.3, -0.25) is 5.10 Å². The van der Waals surface area contributed by atoms with Crippen LogP contribution in [0.3, 0.4) is 0 Å². The van der Waals surface area contributed by atoms with Crippen molar-refractivity contribution in [3.05, 3.63) is 66.2 Å². The van der Waals surface area contributed by atoms with Crippen molar-refractivity contribution >= 4 is 16.7 Å². The van der Waals surface area contributed by atoms with Crippen LogP contribution in [0.4, 0.5) is 18.9 Å². The maximum absolute atomic E-state index is 13.8. The Kier molecular flexibility index (Phi) is 3.64. The van der Waals surface area contributed by atoms with E-state index in [1.165, 1.54) is 0 Å². The second-order valence-corrected chi connectivity index (χ2v) is 5.84. The van der Waals surface area contributed by atoms with Gasteiger partial charge in [-0.15, -0.1) is 0 Å². The number of anilines is 1. The molecule has 7 heteroatoms. The van der Waals surface area contributed by atoms with Crippen LogP contribution in [0.15, 0.2) is 60.7 Å². The zero-order chi connectivity index (χ0) is 18.3. The summed E-state index contributed by atoms with van der Waals surface area (Å²) in [6.45, 7) is 0. The van der Waals surface area contributed by atoms with E-state index in [-0.39, 0.29) is 22.4 Å². The third-order valence-corrected chi connectivity index (χ3v) is 4.09. The summed E-state index contributed by atoms with van der Waals surface area (Å²) in [4.78, 5) is 4.34. The van der Waals surface area contributed by atoms with E-state index in [0.29, 0.717) is 16.8 Å². The van der Waals surface area contributed by atoms with Crippen molar-refractivity contribution in [2.75, 3.05) is 5.73 Å². The van der Waals surface area contributed by atoms with E-state index < -0.39 is 11.7 Å². The van der Waals surface area contributed by atoms with Crippen molar-refractivity contribution in [3.63, 3.8) is 0 Å². The lowest BCUT2D eigenvalue weighted by Crippen LogP contribution is -2.07. The molecule has 0 aliphatic heterocycles. The molecular formula is C19H13F3N4. The number of nitrogens with two attached hydrogens (primary N) is 1.